The van der Waals surface area contributed by atoms with Crippen molar-refractivity contribution in [1.82, 2.24) is 4.98 Å². The lowest BCUT2D eigenvalue weighted by molar-refractivity contribution is 0.0667. The van der Waals surface area contributed by atoms with Crippen LogP contribution in [0.2, 0.25) is 0 Å². The van der Waals surface area contributed by atoms with Crippen molar-refractivity contribution in [1.29, 1.82) is 0 Å². The van der Waals surface area contributed by atoms with Crippen LogP contribution in [-0.2, 0) is 0 Å². The second-order valence-electron chi connectivity index (χ2n) is 5.31. The fraction of sp³-hybridized carbons (Fsp3) is 0.571. The highest BCUT2D eigenvalue weighted by Gasteiger charge is 2.27. The predicted molar refractivity (Wildman–Crippen MR) is 75.5 cm³/mol. The molecule has 0 aromatic carbocycles. The number of nitrogens with zero attached hydrogens (tertiary/aromatic N) is 1. The smallest absolute Gasteiger partial charge is 0.358 e. The molecule has 19 heavy (non-hydrogen) atoms. The Morgan fingerprint density at radius 1 is 1.42 bits per heavy atom. The van der Waals surface area contributed by atoms with Crippen LogP contribution in [0, 0.1) is 11.8 Å². The SMILES string of the molecule is CC1CCC(Oc2cc(Br)cnc2C(=O)O)CC1C. The van der Waals surface area contributed by atoms with Crippen molar-refractivity contribution in [2.24, 2.45) is 11.8 Å². The zero-order valence-electron chi connectivity index (χ0n) is 11.1. The lowest BCUT2D eigenvalue weighted by atomic mass is 9.80. The van der Waals surface area contributed by atoms with Crippen LogP contribution in [0.25, 0.3) is 0 Å². The maximum atomic E-state index is 11.1. The Bertz CT molecular complexity index is 478. The van der Waals surface area contributed by atoms with Gasteiger partial charge in [-0.15, -0.1) is 0 Å². The van der Waals surface area contributed by atoms with Gasteiger partial charge in [0.15, 0.2) is 11.4 Å². The van der Waals surface area contributed by atoms with E-state index in [4.69, 9.17) is 9.84 Å². The lowest BCUT2D eigenvalue weighted by Gasteiger charge is -2.32. The van der Waals surface area contributed by atoms with E-state index in [-0.39, 0.29) is 11.8 Å². The van der Waals surface area contributed by atoms with E-state index in [1.807, 2.05) is 0 Å². The van der Waals surface area contributed by atoms with Crippen molar-refractivity contribution in [3.8, 4) is 5.75 Å². The zero-order chi connectivity index (χ0) is 14.0. The molecule has 1 aliphatic carbocycles. The van der Waals surface area contributed by atoms with Gasteiger partial charge < -0.3 is 9.84 Å². The first-order valence-corrected chi connectivity index (χ1v) is 7.32. The normalized spacial score (nSPS) is 27.0. The number of hydrogen-bond donors (Lipinski definition) is 1. The number of halogens is 1. The minimum absolute atomic E-state index is 0.0190. The second kappa shape index (κ2) is 5.90. The quantitative estimate of drug-likeness (QED) is 0.918. The Hall–Kier alpha value is -1.10. The first kappa shape index (κ1) is 14.3. The third-order valence-electron chi connectivity index (χ3n) is 3.87. The number of rotatable bonds is 3. The van der Waals surface area contributed by atoms with Crippen LogP contribution in [0.5, 0.6) is 5.75 Å². The van der Waals surface area contributed by atoms with E-state index in [9.17, 15) is 4.79 Å². The summed E-state index contributed by atoms with van der Waals surface area (Å²) in [5.74, 6) is 0.611. The topological polar surface area (TPSA) is 59.4 Å². The minimum atomic E-state index is -1.06. The molecular weight excluding hydrogens is 310 g/mol. The second-order valence-corrected chi connectivity index (χ2v) is 6.23. The Morgan fingerprint density at radius 2 is 2.16 bits per heavy atom. The van der Waals surface area contributed by atoms with E-state index in [0.717, 1.165) is 23.7 Å². The van der Waals surface area contributed by atoms with E-state index in [1.165, 1.54) is 6.20 Å². The average molecular weight is 328 g/mol. The summed E-state index contributed by atoms with van der Waals surface area (Å²) in [4.78, 5) is 15.0. The number of pyridine rings is 1. The molecule has 5 heteroatoms. The van der Waals surface area contributed by atoms with Gasteiger partial charge in [0.2, 0.25) is 0 Å². The van der Waals surface area contributed by atoms with E-state index in [0.29, 0.717) is 17.6 Å². The maximum Gasteiger partial charge on any atom is 0.358 e. The highest BCUT2D eigenvalue weighted by atomic mass is 79.9. The standard InChI is InChI=1S/C14H18BrNO3/c1-8-3-4-11(5-9(8)2)19-12-6-10(15)7-16-13(12)14(17)18/h6-9,11H,3-5H2,1-2H3,(H,17,18). The van der Waals surface area contributed by atoms with E-state index in [1.54, 1.807) is 6.07 Å². The first-order chi connectivity index (χ1) is 8.97. The minimum Gasteiger partial charge on any atom is -0.488 e. The molecule has 3 unspecified atom stereocenters. The molecule has 1 heterocycles. The molecule has 0 spiro atoms. The molecule has 104 valence electrons. The summed E-state index contributed by atoms with van der Waals surface area (Å²) in [5, 5.41) is 9.12. The number of hydrogen-bond acceptors (Lipinski definition) is 3. The summed E-state index contributed by atoms with van der Waals surface area (Å²) in [6.07, 6.45) is 4.61. The van der Waals surface area contributed by atoms with Crippen LogP contribution < -0.4 is 4.74 Å². The van der Waals surface area contributed by atoms with Crippen LogP contribution in [-0.4, -0.2) is 22.2 Å². The Labute approximate surface area is 121 Å². The molecule has 1 fully saturated rings. The number of ether oxygens (including phenoxy) is 1. The number of carboxylic acids is 1. The number of aromatic carboxylic acids is 1. The van der Waals surface area contributed by atoms with Crippen molar-refractivity contribution in [3.05, 3.63) is 22.4 Å². The summed E-state index contributed by atoms with van der Waals surface area (Å²) in [7, 11) is 0. The monoisotopic (exact) mass is 327 g/mol. The van der Waals surface area contributed by atoms with Gasteiger partial charge in [-0.25, -0.2) is 9.78 Å². The molecule has 1 aromatic rings. The van der Waals surface area contributed by atoms with Gasteiger partial charge in [0.05, 0.1) is 6.10 Å². The molecule has 0 bridgehead atoms. The molecule has 0 radical (unpaired) electrons. The van der Waals surface area contributed by atoms with Gasteiger partial charge in [-0.3, -0.25) is 0 Å². The fourth-order valence-electron chi connectivity index (χ4n) is 2.46. The highest BCUT2D eigenvalue weighted by molar-refractivity contribution is 9.10. The third kappa shape index (κ3) is 3.47. The molecule has 1 N–H and O–H groups in total. The molecule has 0 saturated heterocycles. The number of aromatic nitrogens is 1. The molecule has 1 saturated carbocycles. The summed E-state index contributed by atoms with van der Waals surface area (Å²) in [6, 6.07) is 1.68. The number of carbonyl (C=O) groups is 1. The van der Waals surface area contributed by atoms with Gasteiger partial charge in [0, 0.05) is 10.7 Å². The van der Waals surface area contributed by atoms with E-state index in [2.05, 4.69) is 34.8 Å². The molecule has 0 aliphatic heterocycles. The van der Waals surface area contributed by atoms with Crippen LogP contribution in [0.4, 0.5) is 0 Å². The number of carboxylic acid groups (broad SMARTS) is 1. The van der Waals surface area contributed by atoms with Gasteiger partial charge in [0.1, 0.15) is 0 Å². The summed E-state index contributed by atoms with van der Waals surface area (Å²) in [5.41, 5.74) is -0.0190. The Morgan fingerprint density at radius 3 is 2.79 bits per heavy atom. The largest absolute Gasteiger partial charge is 0.488 e. The van der Waals surface area contributed by atoms with Gasteiger partial charge in [-0.1, -0.05) is 13.8 Å². The molecule has 3 atom stereocenters. The van der Waals surface area contributed by atoms with Crippen LogP contribution >= 0.6 is 15.9 Å². The zero-order valence-corrected chi connectivity index (χ0v) is 12.7. The van der Waals surface area contributed by atoms with Crippen LogP contribution in [0.15, 0.2) is 16.7 Å². The first-order valence-electron chi connectivity index (χ1n) is 6.53. The highest BCUT2D eigenvalue weighted by Crippen LogP contribution is 2.33. The van der Waals surface area contributed by atoms with Gasteiger partial charge in [-0.2, -0.15) is 0 Å². The summed E-state index contributed by atoms with van der Waals surface area (Å²) < 4.78 is 6.60. The van der Waals surface area contributed by atoms with Gasteiger partial charge >= 0.3 is 5.97 Å². The molecule has 1 aromatic heterocycles. The van der Waals surface area contributed by atoms with Crippen LogP contribution in [0.3, 0.4) is 0 Å². The molecular formula is C14H18BrNO3. The van der Waals surface area contributed by atoms with Crippen molar-refractivity contribution in [2.75, 3.05) is 0 Å². The van der Waals surface area contributed by atoms with Crippen molar-refractivity contribution < 1.29 is 14.6 Å². The van der Waals surface area contributed by atoms with Gasteiger partial charge in [-0.05, 0) is 53.1 Å². The molecule has 0 amide bonds. The maximum absolute atomic E-state index is 11.1. The average Bonchev–Trinajstić information content (AvgIpc) is 2.33. The fourth-order valence-corrected chi connectivity index (χ4v) is 2.77. The van der Waals surface area contributed by atoms with Crippen molar-refractivity contribution in [2.45, 2.75) is 39.2 Å². The summed E-state index contributed by atoms with van der Waals surface area (Å²) >= 11 is 3.30. The summed E-state index contributed by atoms with van der Waals surface area (Å²) in [6.45, 7) is 4.47. The Kier molecular flexibility index (Phi) is 4.45. The molecule has 2 rings (SSSR count). The Balaban J connectivity index is 2.14. The lowest BCUT2D eigenvalue weighted by Crippen LogP contribution is -2.29. The molecule has 1 aliphatic rings. The third-order valence-corrected chi connectivity index (χ3v) is 4.30. The van der Waals surface area contributed by atoms with Crippen molar-refractivity contribution >= 4 is 21.9 Å². The van der Waals surface area contributed by atoms with E-state index >= 15 is 0 Å². The van der Waals surface area contributed by atoms with E-state index < -0.39 is 5.97 Å². The van der Waals surface area contributed by atoms with Gasteiger partial charge in [0.25, 0.3) is 0 Å². The van der Waals surface area contributed by atoms with Crippen LogP contribution in [0.1, 0.15) is 43.6 Å². The predicted octanol–water partition coefficient (Wildman–Crippen LogP) is 3.75. The molecule has 4 nitrogen and oxygen atoms in total. The van der Waals surface area contributed by atoms with Crippen molar-refractivity contribution in [3.63, 3.8) is 0 Å².